The highest BCUT2D eigenvalue weighted by Gasteiger charge is 2.21. The monoisotopic (exact) mass is 259 g/mol. The van der Waals surface area contributed by atoms with E-state index in [0.29, 0.717) is 0 Å². The summed E-state index contributed by atoms with van der Waals surface area (Å²) in [6, 6.07) is 8.48. The number of para-hydroxylation sites is 2. The van der Waals surface area contributed by atoms with E-state index in [1.165, 1.54) is 5.52 Å². The lowest BCUT2D eigenvalue weighted by Crippen LogP contribution is -2.44. The van der Waals surface area contributed by atoms with Gasteiger partial charge in [0.1, 0.15) is 0 Å². The molecule has 1 aromatic heterocycles. The maximum absolute atomic E-state index is 9.92. The molecule has 1 aliphatic heterocycles. The second kappa shape index (κ2) is 5.72. The van der Waals surface area contributed by atoms with Gasteiger partial charge in [-0.25, -0.2) is 4.98 Å². The van der Waals surface area contributed by atoms with E-state index in [1.807, 2.05) is 24.5 Å². The Labute approximate surface area is 113 Å². The van der Waals surface area contributed by atoms with Crippen molar-refractivity contribution in [2.24, 2.45) is 0 Å². The minimum atomic E-state index is -0.173. The summed E-state index contributed by atoms with van der Waals surface area (Å²) in [6.45, 7) is 2.00. The molecule has 2 aromatic rings. The normalized spacial score (nSPS) is 23.8. The number of aliphatic hydroxyl groups is 1. The van der Waals surface area contributed by atoms with E-state index < -0.39 is 0 Å². The molecule has 0 saturated carbocycles. The SMILES string of the molecule is O[C@H]1CCCN[C@@H]1CCCn1cnc2ccccc21. The van der Waals surface area contributed by atoms with Gasteiger partial charge in [0, 0.05) is 12.6 Å². The van der Waals surface area contributed by atoms with Crippen molar-refractivity contribution in [2.75, 3.05) is 6.54 Å². The second-order valence-corrected chi connectivity index (χ2v) is 5.34. The van der Waals surface area contributed by atoms with Gasteiger partial charge < -0.3 is 15.0 Å². The van der Waals surface area contributed by atoms with Gasteiger partial charge in [-0.05, 0) is 44.4 Å². The second-order valence-electron chi connectivity index (χ2n) is 5.34. The molecule has 0 amide bonds. The minimum Gasteiger partial charge on any atom is -0.392 e. The summed E-state index contributed by atoms with van der Waals surface area (Å²) in [6.07, 6.45) is 5.85. The Balaban J connectivity index is 1.57. The summed E-state index contributed by atoms with van der Waals surface area (Å²) >= 11 is 0. The number of aryl methyl sites for hydroxylation is 1. The third-order valence-electron chi connectivity index (χ3n) is 3.99. The Bertz CT molecular complexity index is 537. The number of benzene rings is 1. The minimum absolute atomic E-state index is 0.173. The van der Waals surface area contributed by atoms with Crippen molar-refractivity contribution in [3.05, 3.63) is 30.6 Å². The van der Waals surface area contributed by atoms with Crippen molar-refractivity contribution < 1.29 is 5.11 Å². The highest BCUT2D eigenvalue weighted by atomic mass is 16.3. The number of nitrogens with zero attached hydrogens (tertiary/aromatic N) is 2. The molecule has 3 rings (SSSR count). The van der Waals surface area contributed by atoms with Crippen LogP contribution in [0.2, 0.25) is 0 Å². The average Bonchev–Trinajstić information content (AvgIpc) is 2.85. The summed E-state index contributed by atoms with van der Waals surface area (Å²) in [4.78, 5) is 4.40. The van der Waals surface area contributed by atoms with Crippen LogP contribution in [0.5, 0.6) is 0 Å². The Kier molecular flexibility index (Phi) is 3.80. The van der Waals surface area contributed by atoms with Crippen molar-refractivity contribution in [1.29, 1.82) is 0 Å². The Morgan fingerprint density at radius 3 is 3.16 bits per heavy atom. The summed E-state index contributed by atoms with van der Waals surface area (Å²) < 4.78 is 2.20. The van der Waals surface area contributed by atoms with Gasteiger partial charge in [-0.15, -0.1) is 0 Å². The van der Waals surface area contributed by atoms with Crippen LogP contribution in [0.3, 0.4) is 0 Å². The zero-order valence-corrected chi connectivity index (χ0v) is 11.1. The van der Waals surface area contributed by atoms with Gasteiger partial charge in [0.15, 0.2) is 0 Å². The molecule has 0 spiro atoms. The highest BCUT2D eigenvalue weighted by molar-refractivity contribution is 5.74. The number of hydrogen-bond donors (Lipinski definition) is 2. The molecule has 4 heteroatoms. The molecule has 1 aliphatic rings. The third kappa shape index (κ3) is 2.80. The third-order valence-corrected chi connectivity index (χ3v) is 3.99. The number of aliphatic hydroxyl groups excluding tert-OH is 1. The van der Waals surface area contributed by atoms with E-state index in [1.54, 1.807) is 0 Å². The standard InChI is InChI=1S/C15H21N3O/c19-15-8-3-9-16-13(15)6-4-10-18-11-17-12-5-1-2-7-14(12)18/h1-2,5,7,11,13,15-16,19H,3-4,6,8-10H2/t13-,15+/m1/s1. The maximum atomic E-state index is 9.92. The first-order valence-corrected chi connectivity index (χ1v) is 7.16. The molecule has 2 atom stereocenters. The summed E-state index contributed by atoms with van der Waals surface area (Å²) in [5, 5.41) is 13.3. The topological polar surface area (TPSA) is 50.1 Å². The first-order valence-electron chi connectivity index (χ1n) is 7.16. The molecule has 1 saturated heterocycles. The van der Waals surface area contributed by atoms with Crippen LogP contribution in [0.1, 0.15) is 25.7 Å². The van der Waals surface area contributed by atoms with Gasteiger partial charge in [0.2, 0.25) is 0 Å². The lowest BCUT2D eigenvalue weighted by molar-refractivity contribution is 0.0909. The van der Waals surface area contributed by atoms with Crippen LogP contribution >= 0.6 is 0 Å². The quantitative estimate of drug-likeness (QED) is 0.882. The number of aromatic nitrogens is 2. The Hall–Kier alpha value is -1.39. The summed E-state index contributed by atoms with van der Waals surface area (Å²) in [5.41, 5.74) is 2.25. The highest BCUT2D eigenvalue weighted by Crippen LogP contribution is 2.16. The van der Waals surface area contributed by atoms with E-state index in [0.717, 1.165) is 44.3 Å². The molecule has 2 heterocycles. The molecule has 1 fully saturated rings. The van der Waals surface area contributed by atoms with Crippen molar-refractivity contribution in [1.82, 2.24) is 14.9 Å². The lowest BCUT2D eigenvalue weighted by Gasteiger charge is -2.29. The lowest BCUT2D eigenvalue weighted by atomic mass is 9.97. The first-order chi connectivity index (χ1) is 9.34. The molecular weight excluding hydrogens is 238 g/mol. The van der Waals surface area contributed by atoms with Gasteiger partial charge >= 0.3 is 0 Å². The van der Waals surface area contributed by atoms with Gasteiger partial charge in [0.25, 0.3) is 0 Å². The number of hydrogen-bond acceptors (Lipinski definition) is 3. The molecule has 0 unspecified atom stereocenters. The number of fused-ring (bicyclic) bond motifs is 1. The van der Waals surface area contributed by atoms with E-state index >= 15 is 0 Å². The molecule has 0 aliphatic carbocycles. The maximum Gasteiger partial charge on any atom is 0.0958 e. The van der Waals surface area contributed by atoms with E-state index in [9.17, 15) is 5.11 Å². The fraction of sp³-hybridized carbons (Fsp3) is 0.533. The Morgan fingerprint density at radius 1 is 1.37 bits per heavy atom. The van der Waals surface area contributed by atoms with Crippen LogP contribution in [0.25, 0.3) is 11.0 Å². The van der Waals surface area contributed by atoms with Crippen LogP contribution in [-0.4, -0.2) is 33.3 Å². The van der Waals surface area contributed by atoms with Crippen LogP contribution in [-0.2, 0) is 6.54 Å². The van der Waals surface area contributed by atoms with Gasteiger partial charge in [-0.1, -0.05) is 12.1 Å². The van der Waals surface area contributed by atoms with Crippen LogP contribution < -0.4 is 5.32 Å². The fourth-order valence-electron chi connectivity index (χ4n) is 2.90. The molecule has 19 heavy (non-hydrogen) atoms. The van der Waals surface area contributed by atoms with Crippen molar-refractivity contribution in [3.63, 3.8) is 0 Å². The molecule has 0 radical (unpaired) electrons. The molecule has 0 bridgehead atoms. The van der Waals surface area contributed by atoms with Crippen molar-refractivity contribution in [2.45, 2.75) is 44.4 Å². The van der Waals surface area contributed by atoms with Crippen molar-refractivity contribution in [3.8, 4) is 0 Å². The fourth-order valence-corrected chi connectivity index (χ4v) is 2.90. The number of nitrogens with one attached hydrogen (secondary N) is 1. The van der Waals surface area contributed by atoms with Gasteiger partial charge in [0.05, 0.1) is 23.5 Å². The van der Waals surface area contributed by atoms with Crippen LogP contribution in [0.4, 0.5) is 0 Å². The van der Waals surface area contributed by atoms with E-state index in [2.05, 4.69) is 20.9 Å². The number of rotatable bonds is 4. The molecule has 102 valence electrons. The van der Waals surface area contributed by atoms with Crippen LogP contribution in [0.15, 0.2) is 30.6 Å². The predicted octanol–water partition coefficient (Wildman–Crippen LogP) is 1.93. The summed E-state index contributed by atoms with van der Waals surface area (Å²) in [7, 11) is 0. The van der Waals surface area contributed by atoms with Gasteiger partial charge in [-0.3, -0.25) is 0 Å². The zero-order chi connectivity index (χ0) is 13.1. The zero-order valence-electron chi connectivity index (χ0n) is 11.1. The molecule has 1 aromatic carbocycles. The van der Waals surface area contributed by atoms with E-state index in [4.69, 9.17) is 0 Å². The molecular formula is C15H21N3O. The van der Waals surface area contributed by atoms with Crippen molar-refractivity contribution >= 4 is 11.0 Å². The van der Waals surface area contributed by atoms with Gasteiger partial charge in [-0.2, -0.15) is 0 Å². The molecule has 4 nitrogen and oxygen atoms in total. The average molecular weight is 259 g/mol. The predicted molar refractivity (Wildman–Crippen MR) is 76.0 cm³/mol. The largest absolute Gasteiger partial charge is 0.392 e. The number of imidazole rings is 1. The summed E-state index contributed by atoms with van der Waals surface area (Å²) in [5.74, 6) is 0. The molecule has 2 N–H and O–H groups in total. The number of piperidine rings is 1. The Morgan fingerprint density at radius 2 is 2.26 bits per heavy atom. The smallest absolute Gasteiger partial charge is 0.0958 e. The van der Waals surface area contributed by atoms with E-state index in [-0.39, 0.29) is 12.1 Å². The first kappa shape index (κ1) is 12.6. The van der Waals surface area contributed by atoms with Crippen LogP contribution in [0, 0.1) is 0 Å².